The van der Waals surface area contributed by atoms with Crippen molar-refractivity contribution in [1.29, 1.82) is 0 Å². The molecule has 0 unspecified atom stereocenters. The molecule has 1 N–H and O–H groups in total. The maximum atomic E-state index is 12.5. The van der Waals surface area contributed by atoms with E-state index in [0.717, 1.165) is 33.5 Å². The summed E-state index contributed by atoms with van der Waals surface area (Å²) < 4.78 is 0. The van der Waals surface area contributed by atoms with Crippen molar-refractivity contribution in [3.63, 3.8) is 0 Å². The molecule has 5 rings (SSSR count). The lowest BCUT2D eigenvalue weighted by Gasteiger charge is -2.01. The van der Waals surface area contributed by atoms with Crippen molar-refractivity contribution in [1.82, 2.24) is 0 Å². The maximum Gasteiger partial charge on any atom is 0.275 e. The van der Waals surface area contributed by atoms with Gasteiger partial charge in [0.25, 0.3) is 5.91 Å². The second kappa shape index (κ2) is 9.10. The Labute approximate surface area is 192 Å². The summed E-state index contributed by atoms with van der Waals surface area (Å²) in [7, 11) is 0. The molecule has 3 heteroatoms. The molecule has 0 spiro atoms. The second-order valence-electron chi connectivity index (χ2n) is 7.46. The summed E-state index contributed by atoms with van der Waals surface area (Å²) in [5.74, 6) is 12.6. The van der Waals surface area contributed by atoms with Crippen LogP contribution in [0.5, 0.6) is 0 Å². The van der Waals surface area contributed by atoms with Gasteiger partial charge in [-0.05, 0) is 48.5 Å². The Hall–Kier alpha value is -4.86. The summed E-state index contributed by atoms with van der Waals surface area (Å²) in [6.45, 7) is 0. The molecule has 4 aromatic rings. The molecule has 4 aromatic carbocycles. The number of anilines is 1. The summed E-state index contributed by atoms with van der Waals surface area (Å²) in [5, 5.41) is 2.86. The first-order valence-electron chi connectivity index (χ1n) is 10.5. The van der Waals surface area contributed by atoms with E-state index in [-0.39, 0.29) is 5.91 Å². The maximum absolute atomic E-state index is 12.5. The molecule has 1 aliphatic heterocycles. The number of fused-ring (bicyclic) bond motifs is 1. The molecular weight excluding hydrogens is 404 g/mol. The average Bonchev–Trinajstić information content (AvgIpc) is 3.17. The van der Waals surface area contributed by atoms with E-state index in [4.69, 9.17) is 0 Å². The van der Waals surface area contributed by atoms with Gasteiger partial charge < -0.3 is 5.32 Å². The van der Waals surface area contributed by atoms with Crippen molar-refractivity contribution in [3.8, 4) is 23.7 Å². The zero-order valence-corrected chi connectivity index (χ0v) is 17.7. The largest absolute Gasteiger partial charge is 0.320 e. The van der Waals surface area contributed by atoms with E-state index in [1.165, 1.54) is 0 Å². The number of benzene rings is 4. The third-order valence-electron chi connectivity index (χ3n) is 5.05. The smallest absolute Gasteiger partial charge is 0.275 e. The molecule has 0 atom stereocenters. The molecule has 3 nitrogen and oxygen atoms in total. The van der Waals surface area contributed by atoms with Crippen molar-refractivity contribution in [2.75, 3.05) is 5.32 Å². The van der Waals surface area contributed by atoms with Crippen molar-refractivity contribution in [2.24, 2.45) is 4.99 Å². The van der Waals surface area contributed by atoms with Crippen molar-refractivity contribution in [2.45, 2.75) is 0 Å². The van der Waals surface area contributed by atoms with Gasteiger partial charge in [0.2, 0.25) is 0 Å². The lowest BCUT2D eigenvalue weighted by Crippen LogP contribution is -2.13. The first-order chi connectivity index (χ1) is 16.2. The molecule has 0 fully saturated rings. The molecule has 0 radical (unpaired) electrons. The number of hydrogen-bond donors (Lipinski definition) is 1. The molecule has 0 saturated carbocycles. The summed E-state index contributed by atoms with van der Waals surface area (Å²) in [5.41, 5.74) is 6.00. The molecule has 0 bridgehead atoms. The molecule has 0 aromatic heterocycles. The number of aliphatic imine (C=N–C) groups is 1. The highest BCUT2D eigenvalue weighted by molar-refractivity contribution is 6.54. The summed E-state index contributed by atoms with van der Waals surface area (Å²) >= 11 is 0. The van der Waals surface area contributed by atoms with Gasteiger partial charge >= 0.3 is 0 Å². The van der Waals surface area contributed by atoms with Gasteiger partial charge in [-0.1, -0.05) is 78.3 Å². The Morgan fingerprint density at radius 1 is 0.576 bits per heavy atom. The van der Waals surface area contributed by atoms with Crippen LogP contribution < -0.4 is 5.32 Å². The van der Waals surface area contributed by atoms with Crippen LogP contribution in [-0.4, -0.2) is 11.6 Å². The van der Waals surface area contributed by atoms with E-state index in [1.54, 1.807) is 0 Å². The number of hydrogen-bond acceptors (Lipinski definition) is 2. The van der Waals surface area contributed by atoms with E-state index in [0.29, 0.717) is 11.4 Å². The minimum absolute atomic E-state index is 0.214. The SMILES string of the molecule is O=C1Nc2ccccc2C1=Nc1cc(C#Cc2ccccc2)cc(C#Cc2ccccc2)c1. The van der Waals surface area contributed by atoms with E-state index < -0.39 is 0 Å². The van der Waals surface area contributed by atoms with Gasteiger partial charge in [0.15, 0.2) is 0 Å². The van der Waals surface area contributed by atoms with Crippen LogP contribution in [0, 0.1) is 23.7 Å². The third-order valence-corrected chi connectivity index (χ3v) is 5.05. The predicted molar refractivity (Wildman–Crippen MR) is 133 cm³/mol. The van der Waals surface area contributed by atoms with Crippen LogP contribution in [-0.2, 0) is 4.79 Å². The van der Waals surface area contributed by atoms with Crippen molar-refractivity contribution < 1.29 is 4.79 Å². The number of carbonyl (C=O) groups is 1. The Morgan fingerprint density at radius 2 is 1.09 bits per heavy atom. The summed E-state index contributed by atoms with van der Waals surface area (Å²) in [4.78, 5) is 17.2. The molecule has 1 amide bonds. The van der Waals surface area contributed by atoms with Crippen LogP contribution in [0.3, 0.4) is 0 Å². The molecule has 0 saturated heterocycles. The van der Waals surface area contributed by atoms with Crippen LogP contribution in [0.1, 0.15) is 27.8 Å². The Kier molecular flexibility index (Phi) is 5.53. The number of nitrogens with zero attached hydrogens (tertiary/aromatic N) is 1. The fraction of sp³-hybridized carbons (Fsp3) is 0. The molecule has 154 valence electrons. The fourth-order valence-corrected chi connectivity index (χ4v) is 3.49. The number of carbonyl (C=O) groups excluding carboxylic acids is 1. The zero-order chi connectivity index (χ0) is 22.5. The number of para-hydroxylation sites is 1. The van der Waals surface area contributed by atoms with Gasteiger partial charge in [-0.15, -0.1) is 0 Å². The van der Waals surface area contributed by atoms with Crippen LogP contribution >= 0.6 is 0 Å². The van der Waals surface area contributed by atoms with Gasteiger partial charge in [-0.2, -0.15) is 0 Å². The minimum atomic E-state index is -0.214. The quantitative estimate of drug-likeness (QED) is 0.401. The van der Waals surface area contributed by atoms with Crippen molar-refractivity contribution in [3.05, 3.63) is 131 Å². The van der Waals surface area contributed by atoms with Gasteiger partial charge in [0.1, 0.15) is 5.71 Å². The number of rotatable bonds is 1. The third kappa shape index (κ3) is 4.74. The van der Waals surface area contributed by atoms with Crippen LogP contribution in [0.4, 0.5) is 11.4 Å². The van der Waals surface area contributed by atoms with E-state index >= 15 is 0 Å². The van der Waals surface area contributed by atoms with Gasteiger partial charge in [0.05, 0.1) is 11.4 Å². The number of amides is 1. The highest BCUT2D eigenvalue weighted by atomic mass is 16.2. The zero-order valence-electron chi connectivity index (χ0n) is 17.7. The predicted octanol–water partition coefficient (Wildman–Crippen LogP) is 5.56. The number of nitrogens with one attached hydrogen (secondary N) is 1. The molecule has 33 heavy (non-hydrogen) atoms. The van der Waals surface area contributed by atoms with Crippen LogP contribution in [0.2, 0.25) is 0 Å². The van der Waals surface area contributed by atoms with Gasteiger partial charge in [-0.25, -0.2) is 4.99 Å². The highest BCUT2D eigenvalue weighted by Gasteiger charge is 2.25. The van der Waals surface area contributed by atoms with Crippen LogP contribution in [0.25, 0.3) is 0 Å². The molecule has 0 aliphatic carbocycles. The van der Waals surface area contributed by atoms with E-state index in [1.807, 2.05) is 103 Å². The highest BCUT2D eigenvalue weighted by Crippen LogP contribution is 2.26. The average molecular weight is 422 g/mol. The standard InChI is InChI=1S/C30H18N2O/c33-30-29(27-13-7-8-14-28(27)32-30)31-26-20-24(17-15-22-9-3-1-4-10-22)19-25(21-26)18-16-23-11-5-2-6-12-23/h1-14,19-21H,(H,31,32,33). The topological polar surface area (TPSA) is 41.5 Å². The van der Waals surface area contributed by atoms with E-state index in [9.17, 15) is 4.79 Å². The van der Waals surface area contributed by atoms with Crippen LogP contribution in [0.15, 0.2) is 108 Å². The summed E-state index contributed by atoms with van der Waals surface area (Å²) in [6, 6.07) is 32.9. The second-order valence-corrected chi connectivity index (χ2v) is 7.46. The lowest BCUT2D eigenvalue weighted by atomic mass is 10.1. The monoisotopic (exact) mass is 422 g/mol. The normalized spacial score (nSPS) is 12.7. The molecular formula is C30H18N2O. The van der Waals surface area contributed by atoms with Gasteiger partial charge in [-0.3, -0.25) is 4.79 Å². The van der Waals surface area contributed by atoms with Gasteiger partial charge in [0, 0.05) is 27.8 Å². The van der Waals surface area contributed by atoms with E-state index in [2.05, 4.69) is 34.0 Å². The summed E-state index contributed by atoms with van der Waals surface area (Å²) in [6.07, 6.45) is 0. The molecule has 1 aliphatic rings. The first-order valence-corrected chi connectivity index (χ1v) is 10.5. The minimum Gasteiger partial charge on any atom is -0.320 e. The Balaban J connectivity index is 1.58. The Morgan fingerprint density at radius 3 is 1.70 bits per heavy atom. The first kappa shape index (κ1) is 20.1. The fourth-order valence-electron chi connectivity index (χ4n) is 3.49. The Bertz CT molecular complexity index is 1420. The van der Waals surface area contributed by atoms with Crippen molar-refractivity contribution >= 4 is 23.0 Å². The lowest BCUT2D eigenvalue weighted by molar-refractivity contribution is -0.110. The molecule has 1 heterocycles.